The van der Waals surface area contributed by atoms with Gasteiger partial charge in [0.15, 0.2) is 0 Å². The highest BCUT2D eigenvalue weighted by molar-refractivity contribution is 7.93. The van der Waals surface area contributed by atoms with Crippen molar-refractivity contribution in [3.05, 3.63) is 54.1 Å². The molecule has 1 aliphatic rings. The summed E-state index contributed by atoms with van der Waals surface area (Å²) >= 11 is 0. The molecule has 3 rings (SSSR count). The number of esters is 1. The van der Waals surface area contributed by atoms with Crippen LogP contribution in [0.2, 0.25) is 0 Å². The van der Waals surface area contributed by atoms with Crippen LogP contribution >= 0.6 is 0 Å². The van der Waals surface area contributed by atoms with E-state index in [1.807, 2.05) is 6.92 Å². The maximum atomic E-state index is 13.5. The van der Waals surface area contributed by atoms with Gasteiger partial charge < -0.3 is 9.47 Å². The monoisotopic (exact) mass is 389 g/mol. The van der Waals surface area contributed by atoms with E-state index in [4.69, 9.17) is 9.47 Å². The highest BCUT2D eigenvalue weighted by atomic mass is 32.2. The highest BCUT2D eigenvalue weighted by Crippen LogP contribution is 2.48. The maximum absolute atomic E-state index is 13.5. The van der Waals surface area contributed by atoms with Crippen LogP contribution in [0.1, 0.15) is 32.3 Å². The highest BCUT2D eigenvalue weighted by Gasteiger charge is 2.52. The quantitative estimate of drug-likeness (QED) is 0.705. The number of anilines is 1. The smallest absolute Gasteiger partial charge is 0.311 e. The number of carbonyl (C=O) groups is 1. The van der Waals surface area contributed by atoms with Crippen LogP contribution in [0.15, 0.2) is 53.4 Å². The van der Waals surface area contributed by atoms with Gasteiger partial charge in [-0.15, -0.1) is 0 Å². The van der Waals surface area contributed by atoms with Crippen LogP contribution in [0, 0.1) is 6.92 Å². The van der Waals surface area contributed by atoms with E-state index in [0.717, 1.165) is 5.56 Å². The van der Waals surface area contributed by atoms with Gasteiger partial charge in [0.25, 0.3) is 10.0 Å². The van der Waals surface area contributed by atoms with E-state index in [1.54, 1.807) is 62.4 Å². The predicted octanol–water partition coefficient (Wildman–Crippen LogP) is 3.64. The molecule has 144 valence electrons. The number of ether oxygens (including phenoxy) is 2. The fraction of sp³-hybridized carbons (Fsp3) is 0.350. The van der Waals surface area contributed by atoms with Gasteiger partial charge in [-0.1, -0.05) is 36.8 Å². The number of hydrogen-bond acceptors (Lipinski definition) is 5. The summed E-state index contributed by atoms with van der Waals surface area (Å²) < 4.78 is 39.4. The second-order valence-electron chi connectivity index (χ2n) is 6.43. The molecule has 0 amide bonds. The fourth-order valence-corrected chi connectivity index (χ4v) is 5.00. The van der Waals surface area contributed by atoms with Crippen molar-refractivity contribution in [2.45, 2.75) is 44.2 Å². The lowest BCUT2D eigenvalue weighted by Gasteiger charge is -2.36. The first-order valence-electron chi connectivity index (χ1n) is 8.90. The zero-order valence-electron chi connectivity index (χ0n) is 15.6. The molecule has 0 aliphatic carbocycles. The minimum Gasteiger partial charge on any atom is -0.466 e. The number of aryl methyl sites for hydroxylation is 1. The number of hydrogen-bond donors (Lipinski definition) is 0. The number of rotatable bonds is 6. The standard InChI is InChI=1S/C20H23NO5S/c1-4-20(14-19(22)25-5-2)21(17-8-6-7-9-18(17)26-20)27(23,24)16-12-10-15(3)11-13-16/h6-13H,4-5,14H2,1-3H3. The van der Waals surface area contributed by atoms with Crippen LogP contribution in [-0.2, 0) is 19.6 Å². The largest absolute Gasteiger partial charge is 0.466 e. The average Bonchev–Trinajstić information content (AvgIpc) is 2.97. The Bertz CT molecular complexity index is 939. The Balaban J connectivity index is 2.14. The molecule has 0 spiro atoms. The lowest BCUT2D eigenvalue weighted by Crippen LogP contribution is -2.53. The van der Waals surface area contributed by atoms with Gasteiger partial charge in [-0.3, -0.25) is 4.79 Å². The van der Waals surface area contributed by atoms with Gasteiger partial charge >= 0.3 is 5.97 Å². The third-order valence-corrected chi connectivity index (χ3v) is 6.47. The number of fused-ring (bicyclic) bond motifs is 1. The molecule has 27 heavy (non-hydrogen) atoms. The Morgan fingerprint density at radius 3 is 2.41 bits per heavy atom. The molecular weight excluding hydrogens is 366 g/mol. The topological polar surface area (TPSA) is 72.9 Å². The molecule has 0 radical (unpaired) electrons. The lowest BCUT2D eigenvalue weighted by atomic mass is 10.1. The van der Waals surface area contributed by atoms with E-state index >= 15 is 0 Å². The Morgan fingerprint density at radius 1 is 1.11 bits per heavy atom. The molecule has 1 unspecified atom stereocenters. The molecule has 2 aromatic carbocycles. The third-order valence-electron chi connectivity index (χ3n) is 4.59. The minimum absolute atomic E-state index is 0.148. The number of carbonyl (C=O) groups excluding carboxylic acids is 1. The molecular formula is C20H23NO5S. The van der Waals surface area contributed by atoms with Gasteiger partial charge in [-0.25, -0.2) is 12.7 Å². The van der Waals surface area contributed by atoms with E-state index in [1.165, 1.54) is 4.31 Å². The molecule has 6 nitrogen and oxygen atoms in total. The van der Waals surface area contributed by atoms with Crippen LogP contribution < -0.4 is 9.04 Å². The lowest BCUT2D eigenvalue weighted by molar-refractivity contribution is -0.147. The Hall–Kier alpha value is -2.54. The molecule has 0 saturated heterocycles. The van der Waals surface area contributed by atoms with E-state index in [2.05, 4.69) is 0 Å². The van der Waals surface area contributed by atoms with E-state index in [-0.39, 0.29) is 24.3 Å². The SMILES string of the molecule is CCOC(=O)CC1(CC)Oc2ccccc2N1S(=O)(=O)c1ccc(C)cc1. The summed E-state index contributed by atoms with van der Waals surface area (Å²) in [5.41, 5.74) is 0.0177. The first-order chi connectivity index (χ1) is 12.8. The first kappa shape index (κ1) is 19.2. The molecule has 0 saturated carbocycles. The zero-order valence-corrected chi connectivity index (χ0v) is 16.5. The summed E-state index contributed by atoms with van der Waals surface area (Å²) in [6, 6.07) is 13.5. The van der Waals surface area contributed by atoms with E-state index in [0.29, 0.717) is 11.4 Å². The van der Waals surface area contributed by atoms with Gasteiger partial charge in [0.1, 0.15) is 12.2 Å². The van der Waals surface area contributed by atoms with Crippen molar-refractivity contribution < 1.29 is 22.7 Å². The Kier molecular flexibility index (Phi) is 5.15. The second kappa shape index (κ2) is 7.23. The van der Waals surface area contributed by atoms with E-state index < -0.39 is 21.7 Å². The number of para-hydroxylation sites is 2. The minimum atomic E-state index is -3.95. The molecule has 1 aliphatic heterocycles. The molecule has 7 heteroatoms. The summed E-state index contributed by atoms with van der Waals surface area (Å²) in [4.78, 5) is 12.4. The van der Waals surface area contributed by atoms with Crippen LogP contribution in [0.3, 0.4) is 0 Å². The van der Waals surface area contributed by atoms with Crippen molar-refractivity contribution in [3.8, 4) is 5.75 Å². The molecule has 1 heterocycles. The molecule has 1 atom stereocenters. The van der Waals surface area contributed by atoms with Crippen LogP contribution in [0.25, 0.3) is 0 Å². The van der Waals surface area contributed by atoms with Crippen molar-refractivity contribution >= 4 is 21.7 Å². The van der Waals surface area contributed by atoms with Gasteiger partial charge in [-0.2, -0.15) is 0 Å². The third kappa shape index (κ3) is 3.39. The van der Waals surface area contributed by atoms with Crippen molar-refractivity contribution in [2.75, 3.05) is 10.9 Å². The maximum Gasteiger partial charge on any atom is 0.311 e. The number of sulfonamides is 1. The van der Waals surface area contributed by atoms with Gasteiger partial charge in [0.05, 0.1) is 17.2 Å². The molecule has 0 bridgehead atoms. The summed E-state index contributed by atoms with van der Waals surface area (Å²) in [5, 5.41) is 0. The van der Waals surface area contributed by atoms with E-state index in [9.17, 15) is 13.2 Å². The van der Waals surface area contributed by atoms with Crippen LogP contribution in [0.5, 0.6) is 5.75 Å². The second-order valence-corrected chi connectivity index (χ2v) is 8.22. The molecule has 2 aromatic rings. The van der Waals surface area contributed by atoms with Gasteiger partial charge in [0.2, 0.25) is 5.72 Å². The molecule has 0 fully saturated rings. The van der Waals surface area contributed by atoms with Crippen LogP contribution in [-0.4, -0.2) is 26.7 Å². The zero-order chi connectivity index (χ0) is 19.7. The van der Waals surface area contributed by atoms with Crippen molar-refractivity contribution in [2.24, 2.45) is 0 Å². The van der Waals surface area contributed by atoms with Crippen molar-refractivity contribution in [3.63, 3.8) is 0 Å². The Morgan fingerprint density at radius 2 is 1.78 bits per heavy atom. The summed E-state index contributed by atoms with van der Waals surface area (Å²) in [6.07, 6.45) is 0.0860. The predicted molar refractivity (Wildman–Crippen MR) is 102 cm³/mol. The average molecular weight is 389 g/mol. The van der Waals surface area contributed by atoms with Crippen LogP contribution in [0.4, 0.5) is 5.69 Å². The summed E-state index contributed by atoms with van der Waals surface area (Å²) in [6.45, 7) is 5.61. The first-order valence-corrected chi connectivity index (χ1v) is 10.3. The van der Waals surface area contributed by atoms with Gasteiger partial charge in [0, 0.05) is 6.42 Å². The van der Waals surface area contributed by atoms with Crippen molar-refractivity contribution in [1.29, 1.82) is 0 Å². The summed E-state index contributed by atoms with van der Waals surface area (Å²) in [7, 11) is -3.95. The number of benzene rings is 2. The Labute approximate surface area is 159 Å². The summed E-state index contributed by atoms with van der Waals surface area (Å²) in [5.74, 6) is -0.0735. The number of nitrogens with zero attached hydrogens (tertiary/aromatic N) is 1. The fourth-order valence-electron chi connectivity index (χ4n) is 3.23. The molecule has 0 N–H and O–H groups in total. The molecule has 0 aromatic heterocycles. The van der Waals surface area contributed by atoms with Crippen molar-refractivity contribution in [1.82, 2.24) is 0 Å². The normalized spacial score (nSPS) is 18.7. The van der Waals surface area contributed by atoms with Gasteiger partial charge in [-0.05, 0) is 38.1 Å².